The number of nitrogens with zero attached hydrogens (tertiary/aromatic N) is 1. The number of carbonyl (C=O) groups is 2. The molecule has 0 amide bonds. The van der Waals surface area contributed by atoms with Gasteiger partial charge in [-0.25, -0.2) is 0 Å². The Labute approximate surface area is 223 Å². The average molecular weight is 526 g/mol. The zero-order chi connectivity index (χ0) is 26.5. The van der Waals surface area contributed by atoms with Gasteiger partial charge in [0.15, 0.2) is 11.6 Å². The van der Waals surface area contributed by atoms with E-state index in [1.54, 1.807) is 6.08 Å². The number of carbonyl (C=O) groups excluding carboxylic acids is 2. The molecule has 11 atom stereocenters. The van der Waals surface area contributed by atoms with Crippen LogP contribution in [0.25, 0.3) is 0 Å². The molecular formula is C30H39NO7. The van der Waals surface area contributed by atoms with Crippen LogP contribution in [0.5, 0.6) is 0 Å². The number of aliphatic hydroxyl groups excluding tert-OH is 1. The lowest BCUT2D eigenvalue weighted by Gasteiger charge is -2.68. The third-order valence-corrected chi connectivity index (χ3v) is 12.7. The molecule has 4 bridgehead atoms. The molecule has 206 valence electrons. The lowest BCUT2D eigenvalue weighted by molar-refractivity contribution is -0.293. The Balaban J connectivity index is 1.39. The van der Waals surface area contributed by atoms with Gasteiger partial charge in [0.2, 0.25) is 0 Å². The summed E-state index contributed by atoms with van der Waals surface area (Å²) in [5.74, 6) is -2.58. The Morgan fingerprint density at radius 1 is 1.18 bits per heavy atom. The molecule has 0 radical (unpaired) electrons. The summed E-state index contributed by atoms with van der Waals surface area (Å²) in [6.07, 6.45) is 8.72. The van der Waals surface area contributed by atoms with Gasteiger partial charge in [-0.15, -0.1) is 0 Å². The van der Waals surface area contributed by atoms with E-state index in [2.05, 4.69) is 24.8 Å². The highest BCUT2D eigenvalue weighted by Crippen LogP contribution is 2.78. The minimum Gasteiger partial charge on any atom is -0.465 e. The van der Waals surface area contributed by atoms with Crippen LogP contribution in [0.15, 0.2) is 23.4 Å². The van der Waals surface area contributed by atoms with Crippen LogP contribution >= 0.6 is 0 Å². The summed E-state index contributed by atoms with van der Waals surface area (Å²) in [6.45, 7) is 7.74. The topological polar surface area (TPSA) is 106 Å². The number of piperidine rings is 1. The van der Waals surface area contributed by atoms with Crippen LogP contribution in [0.1, 0.15) is 59.3 Å². The first kappa shape index (κ1) is 24.1. The van der Waals surface area contributed by atoms with E-state index in [0.29, 0.717) is 18.9 Å². The van der Waals surface area contributed by atoms with Crippen LogP contribution in [0.2, 0.25) is 0 Å². The fourth-order valence-corrected chi connectivity index (χ4v) is 11.1. The molecule has 38 heavy (non-hydrogen) atoms. The molecular weight excluding hydrogens is 486 g/mol. The summed E-state index contributed by atoms with van der Waals surface area (Å²) in [7, 11) is 0. The summed E-state index contributed by atoms with van der Waals surface area (Å²) in [5.41, 5.74) is -0.124. The van der Waals surface area contributed by atoms with Crippen molar-refractivity contribution in [2.24, 2.45) is 45.8 Å². The summed E-state index contributed by atoms with van der Waals surface area (Å²) in [5, 5.41) is 22.6. The van der Waals surface area contributed by atoms with Crippen LogP contribution in [-0.2, 0) is 23.8 Å². The van der Waals surface area contributed by atoms with Gasteiger partial charge in [0.1, 0.15) is 5.72 Å². The molecule has 0 aromatic rings. The Hall–Kier alpha value is -1.74. The van der Waals surface area contributed by atoms with E-state index < -0.39 is 33.9 Å². The minimum absolute atomic E-state index is 0.0339. The van der Waals surface area contributed by atoms with Gasteiger partial charge in [0.05, 0.1) is 32.3 Å². The lowest BCUT2D eigenvalue weighted by Crippen LogP contribution is -2.71. The number of hydrogen-bond acceptors (Lipinski definition) is 8. The molecule has 1 saturated carbocycles. The summed E-state index contributed by atoms with van der Waals surface area (Å²) in [4.78, 5) is 29.1. The summed E-state index contributed by atoms with van der Waals surface area (Å²) in [6, 6.07) is 0. The van der Waals surface area contributed by atoms with Crippen molar-refractivity contribution in [1.82, 2.24) is 4.90 Å². The van der Waals surface area contributed by atoms with Gasteiger partial charge in [-0.3, -0.25) is 9.59 Å². The highest BCUT2D eigenvalue weighted by molar-refractivity contribution is 5.94. The maximum absolute atomic E-state index is 13.5. The number of hydrogen-bond donors (Lipinski definition) is 2. The second-order valence-electron chi connectivity index (χ2n) is 14.3. The Bertz CT molecular complexity index is 1210. The monoisotopic (exact) mass is 525 g/mol. The van der Waals surface area contributed by atoms with Gasteiger partial charge in [0, 0.05) is 46.2 Å². The van der Waals surface area contributed by atoms with Gasteiger partial charge in [0.25, 0.3) is 0 Å². The zero-order valence-corrected chi connectivity index (χ0v) is 22.6. The maximum Gasteiger partial charge on any atom is 0.306 e. The van der Waals surface area contributed by atoms with Crippen LogP contribution in [0, 0.1) is 45.8 Å². The fraction of sp³-hybridized carbons (Fsp3) is 0.800. The number of ketones is 1. The number of aliphatic hydroxyl groups is 2. The van der Waals surface area contributed by atoms with Gasteiger partial charge in [-0.1, -0.05) is 26.8 Å². The first-order chi connectivity index (χ1) is 18.0. The van der Waals surface area contributed by atoms with E-state index >= 15 is 0 Å². The van der Waals surface area contributed by atoms with Crippen molar-refractivity contribution in [1.29, 1.82) is 0 Å². The van der Waals surface area contributed by atoms with Gasteiger partial charge >= 0.3 is 5.97 Å². The van der Waals surface area contributed by atoms with Crippen LogP contribution in [-0.4, -0.2) is 70.8 Å². The molecule has 5 saturated heterocycles. The van der Waals surface area contributed by atoms with Crippen molar-refractivity contribution in [3.63, 3.8) is 0 Å². The molecule has 8 rings (SSSR count). The third-order valence-electron chi connectivity index (χ3n) is 12.7. The largest absolute Gasteiger partial charge is 0.465 e. The smallest absolute Gasteiger partial charge is 0.306 e. The molecule has 5 heterocycles. The quantitative estimate of drug-likeness (QED) is 0.504. The SMILES string of the molecule is C[C@H]1C[C@@H]2CN3C4=C[C@@]56CO[C@@](O)([C@H](C)[C@@H]7C(=O)C=C(CO)C[C@H]75)[C@@H]6[C@@]5(COC(=O)C5)[C@]4(C)CC[C@@]3(C1)O2. The zero-order valence-electron chi connectivity index (χ0n) is 22.6. The summed E-state index contributed by atoms with van der Waals surface area (Å²) >= 11 is 0. The van der Waals surface area contributed by atoms with Crippen LogP contribution in [0.3, 0.4) is 0 Å². The average Bonchev–Trinajstić information content (AvgIpc) is 3.48. The molecule has 0 aromatic heterocycles. The van der Waals surface area contributed by atoms with Crippen LogP contribution in [0.4, 0.5) is 0 Å². The maximum atomic E-state index is 13.5. The Morgan fingerprint density at radius 2 is 2.00 bits per heavy atom. The molecule has 2 N–H and O–H groups in total. The lowest BCUT2D eigenvalue weighted by atomic mass is 9.37. The van der Waals surface area contributed by atoms with E-state index in [1.165, 1.54) is 5.70 Å². The molecule has 8 heteroatoms. The molecule has 0 aromatic carbocycles. The number of rotatable bonds is 1. The second-order valence-corrected chi connectivity index (χ2v) is 14.3. The normalized spacial score (nSPS) is 56.1. The van der Waals surface area contributed by atoms with Crippen molar-refractivity contribution in [2.45, 2.75) is 76.9 Å². The van der Waals surface area contributed by atoms with Gasteiger partial charge in [-0.05, 0) is 55.6 Å². The van der Waals surface area contributed by atoms with E-state index in [1.807, 2.05) is 6.92 Å². The molecule has 6 fully saturated rings. The third kappa shape index (κ3) is 2.49. The molecule has 8 aliphatic rings. The van der Waals surface area contributed by atoms with Crippen molar-refractivity contribution in [3.05, 3.63) is 23.4 Å². The van der Waals surface area contributed by atoms with Crippen molar-refractivity contribution < 1.29 is 34.0 Å². The van der Waals surface area contributed by atoms with Crippen LogP contribution < -0.4 is 0 Å². The minimum atomic E-state index is -1.54. The van der Waals surface area contributed by atoms with Gasteiger partial charge < -0.3 is 29.3 Å². The first-order valence-corrected chi connectivity index (χ1v) is 14.6. The molecule has 8 nitrogen and oxygen atoms in total. The first-order valence-electron chi connectivity index (χ1n) is 14.6. The van der Waals surface area contributed by atoms with Gasteiger partial charge in [-0.2, -0.15) is 0 Å². The number of allylic oxidation sites excluding steroid dienone is 2. The fourth-order valence-electron chi connectivity index (χ4n) is 11.1. The van der Waals surface area contributed by atoms with Crippen molar-refractivity contribution in [3.8, 4) is 0 Å². The number of cyclic esters (lactones) is 1. The number of fused-ring (bicyclic) bond motifs is 5. The highest BCUT2D eigenvalue weighted by Gasteiger charge is 2.81. The predicted molar refractivity (Wildman–Crippen MR) is 134 cm³/mol. The van der Waals surface area contributed by atoms with E-state index in [4.69, 9.17) is 14.2 Å². The Morgan fingerprint density at radius 3 is 2.74 bits per heavy atom. The van der Waals surface area contributed by atoms with Crippen molar-refractivity contribution >= 4 is 11.8 Å². The van der Waals surface area contributed by atoms with E-state index in [9.17, 15) is 19.8 Å². The number of esters is 1. The Kier molecular flexibility index (Phi) is 4.51. The number of ether oxygens (including phenoxy) is 3. The molecule has 0 unspecified atom stereocenters. The molecule has 2 spiro atoms. The predicted octanol–water partition coefficient (Wildman–Crippen LogP) is 2.54. The second kappa shape index (κ2) is 7.12. The summed E-state index contributed by atoms with van der Waals surface area (Å²) < 4.78 is 19.0. The standard InChI is InChI=1S/C30H39NO7/c1-16-6-19-12-31-22-10-27-14-37-30(35,17(2)24-20(27)7-18(13-32)8-21(24)33)25(27)28(11-23(34)36-15-28)26(22,3)4-5-29(31,9-16)38-19/h8,10,16-17,19-20,24-25,32,35H,4-7,9,11-15H2,1-3H3/t16-,17+,19+,20+,24-,25-,26+,27+,28+,29-,30-/m0/s1. The molecule has 5 aliphatic heterocycles. The highest BCUT2D eigenvalue weighted by atomic mass is 16.6. The molecule has 3 aliphatic carbocycles. The van der Waals surface area contributed by atoms with Crippen molar-refractivity contribution in [2.75, 3.05) is 26.4 Å². The van der Waals surface area contributed by atoms with E-state index in [0.717, 1.165) is 37.8 Å². The van der Waals surface area contributed by atoms with E-state index in [-0.39, 0.29) is 55.1 Å².